The molecule has 2 N–H and O–H groups in total. The van der Waals surface area contributed by atoms with E-state index >= 15 is 0 Å². The maximum absolute atomic E-state index is 13.5. The number of nitrogens with one attached hydrogen (secondary N) is 2. The van der Waals surface area contributed by atoms with Gasteiger partial charge < -0.3 is 15.5 Å². The first-order chi connectivity index (χ1) is 16.9. The van der Waals surface area contributed by atoms with Gasteiger partial charge in [-0.2, -0.15) is 0 Å². The lowest BCUT2D eigenvalue weighted by atomic mass is 9.94. The molecule has 0 saturated carbocycles. The lowest BCUT2D eigenvalue weighted by Gasteiger charge is -2.27. The molecule has 0 aromatic heterocycles. The molecule has 0 fully saturated rings. The zero-order chi connectivity index (χ0) is 25.2. The van der Waals surface area contributed by atoms with Crippen molar-refractivity contribution in [2.45, 2.75) is 32.7 Å². The minimum atomic E-state index is -0.456. The highest BCUT2D eigenvalue weighted by Gasteiger charge is 2.26. The molecule has 0 aliphatic rings. The smallest absolute Gasteiger partial charge is 0.243 e. The molecule has 7 heteroatoms. The van der Waals surface area contributed by atoms with E-state index in [1.165, 1.54) is 17.0 Å². The van der Waals surface area contributed by atoms with Crippen LogP contribution in [0.2, 0.25) is 0 Å². The molecule has 1 atom stereocenters. The van der Waals surface area contributed by atoms with Crippen LogP contribution in [0.4, 0.5) is 10.1 Å². The summed E-state index contributed by atoms with van der Waals surface area (Å²) >= 11 is 0. The number of amides is 3. The van der Waals surface area contributed by atoms with E-state index in [0.717, 1.165) is 11.1 Å². The molecule has 6 nitrogen and oxygen atoms in total. The van der Waals surface area contributed by atoms with E-state index in [0.29, 0.717) is 17.7 Å². The fourth-order valence-electron chi connectivity index (χ4n) is 3.73. The molecule has 35 heavy (non-hydrogen) atoms. The molecule has 3 amide bonds. The van der Waals surface area contributed by atoms with E-state index in [2.05, 4.69) is 10.6 Å². The molecule has 0 radical (unpaired) electrons. The molecule has 1 unspecified atom stereocenters. The molecule has 0 spiro atoms. The number of carbonyl (C=O) groups is 3. The third kappa shape index (κ3) is 7.78. The van der Waals surface area contributed by atoms with Crippen LogP contribution >= 0.6 is 0 Å². The highest BCUT2D eigenvalue weighted by Crippen LogP contribution is 2.23. The molecule has 0 bridgehead atoms. The Bertz CT molecular complexity index is 1130. The van der Waals surface area contributed by atoms with Gasteiger partial charge in [0.1, 0.15) is 5.82 Å². The summed E-state index contributed by atoms with van der Waals surface area (Å²) in [5.74, 6) is -1.83. The number of aryl methyl sites for hydroxylation is 1. The van der Waals surface area contributed by atoms with Gasteiger partial charge >= 0.3 is 0 Å². The van der Waals surface area contributed by atoms with Crippen LogP contribution in [0.5, 0.6) is 0 Å². The average Bonchev–Trinajstić information content (AvgIpc) is 2.86. The van der Waals surface area contributed by atoms with Crippen molar-refractivity contribution >= 4 is 23.4 Å². The number of anilines is 1. The predicted molar refractivity (Wildman–Crippen MR) is 134 cm³/mol. The van der Waals surface area contributed by atoms with Crippen molar-refractivity contribution in [2.24, 2.45) is 0 Å². The molecule has 0 aliphatic carbocycles. The van der Waals surface area contributed by atoms with Crippen LogP contribution in [0.25, 0.3) is 0 Å². The molecule has 0 aliphatic heterocycles. The van der Waals surface area contributed by atoms with Crippen molar-refractivity contribution < 1.29 is 18.8 Å². The molecule has 0 heterocycles. The molecule has 3 aromatic rings. The Labute approximate surface area is 205 Å². The zero-order valence-corrected chi connectivity index (χ0v) is 20.0. The average molecular weight is 476 g/mol. The minimum absolute atomic E-state index is 0.144. The number of nitrogens with zero attached hydrogens (tertiary/aromatic N) is 1. The second-order valence-corrected chi connectivity index (χ2v) is 8.38. The topological polar surface area (TPSA) is 78.5 Å². The Morgan fingerprint density at radius 1 is 0.886 bits per heavy atom. The van der Waals surface area contributed by atoms with Crippen LogP contribution in [-0.2, 0) is 20.9 Å². The van der Waals surface area contributed by atoms with Gasteiger partial charge in [-0.25, -0.2) is 4.39 Å². The Morgan fingerprint density at radius 2 is 1.54 bits per heavy atom. The van der Waals surface area contributed by atoms with Gasteiger partial charge in [-0.1, -0.05) is 67.1 Å². The summed E-state index contributed by atoms with van der Waals surface area (Å²) in [6, 6.07) is 22.5. The van der Waals surface area contributed by atoms with Gasteiger partial charge in [-0.15, -0.1) is 0 Å². The number of benzene rings is 3. The fourth-order valence-corrected chi connectivity index (χ4v) is 3.73. The summed E-state index contributed by atoms with van der Waals surface area (Å²) in [6.45, 7) is 3.57. The molecule has 182 valence electrons. The van der Waals surface area contributed by atoms with E-state index in [9.17, 15) is 18.8 Å². The molecule has 3 rings (SSSR count). The van der Waals surface area contributed by atoms with Crippen LogP contribution in [0, 0.1) is 12.7 Å². The minimum Gasteiger partial charge on any atom is -0.345 e. The van der Waals surface area contributed by atoms with Gasteiger partial charge in [0.2, 0.25) is 17.7 Å². The second kappa shape index (κ2) is 12.5. The van der Waals surface area contributed by atoms with E-state index in [4.69, 9.17) is 0 Å². The first-order valence-corrected chi connectivity index (χ1v) is 11.6. The highest BCUT2D eigenvalue weighted by molar-refractivity contribution is 5.95. The third-order valence-electron chi connectivity index (χ3n) is 5.62. The van der Waals surface area contributed by atoms with Crippen LogP contribution in [-0.4, -0.2) is 35.7 Å². The number of rotatable bonds is 10. The quantitative estimate of drug-likeness (QED) is 0.456. The number of carbonyl (C=O) groups excluding carboxylic acids is 3. The lowest BCUT2D eigenvalue weighted by molar-refractivity contribution is -0.138. The summed E-state index contributed by atoms with van der Waals surface area (Å²) in [6.07, 6.45) is 0.559. The first kappa shape index (κ1) is 25.6. The number of hydrogen-bond donors (Lipinski definition) is 2. The second-order valence-electron chi connectivity index (χ2n) is 8.38. The highest BCUT2D eigenvalue weighted by atomic mass is 19.1. The maximum Gasteiger partial charge on any atom is 0.243 e. The summed E-state index contributed by atoms with van der Waals surface area (Å²) in [7, 11) is 0. The SMILES string of the molecule is CCC(C(=O)N(CC(=O)NCC(=O)Nc1ccc(C)cc1)Cc1ccc(F)cc1)c1ccccc1. The lowest BCUT2D eigenvalue weighted by Crippen LogP contribution is -2.44. The third-order valence-corrected chi connectivity index (χ3v) is 5.62. The summed E-state index contributed by atoms with van der Waals surface area (Å²) < 4.78 is 13.4. The Balaban J connectivity index is 1.67. The van der Waals surface area contributed by atoms with Crippen LogP contribution in [0.15, 0.2) is 78.9 Å². The number of halogens is 1. The summed E-state index contributed by atoms with van der Waals surface area (Å²) in [4.78, 5) is 39.9. The fraction of sp³-hybridized carbons (Fsp3) is 0.250. The zero-order valence-electron chi connectivity index (χ0n) is 20.0. The van der Waals surface area contributed by atoms with Crippen LogP contribution < -0.4 is 10.6 Å². The van der Waals surface area contributed by atoms with Crippen molar-refractivity contribution in [3.05, 3.63) is 101 Å². The van der Waals surface area contributed by atoms with E-state index in [1.807, 2.05) is 56.3 Å². The Kier molecular flexibility index (Phi) is 9.12. The number of hydrogen-bond acceptors (Lipinski definition) is 3. The normalized spacial score (nSPS) is 11.4. The van der Waals surface area contributed by atoms with Gasteiger partial charge in [-0.05, 0) is 48.7 Å². The van der Waals surface area contributed by atoms with Crippen molar-refractivity contribution in [3.8, 4) is 0 Å². The van der Waals surface area contributed by atoms with E-state index < -0.39 is 11.8 Å². The molecular weight excluding hydrogens is 445 g/mol. The van der Waals surface area contributed by atoms with Crippen molar-refractivity contribution in [2.75, 3.05) is 18.4 Å². The van der Waals surface area contributed by atoms with Gasteiger partial charge in [0, 0.05) is 12.2 Å². The van der Waals surface area contributed by atoms with Gasteiger partial charge in [0.25, 0.3) is 0 Å². The van der Waals surface area contributed by atoms with Crippen LogP contribution in [0.3, 0.4) is 0 Å². The van der Waals surface area contributed by atoms with Gasteiger partial charge in [-0.3, -0.25) is 14.4 Å². The van der Waals surface area contributed by atoms with Crippen molar-refractivity contribution in [1.82, 2.24) is 10.2 Å². The molecular formula is C28H30FN3O3. The van der Waals surface area contributed by atoms with Gasteiger partial charge in [0.05, 0.1) is 19.0 Å². The predicted octanol–water partition coefficient (Wildman–Crippen LogP) is 4.41. The summed E-state index contributed by atoms with van der Waals surface area (Å²) in [5, 5.41) is 5.31. The van der Waals surface area contributed by atoms with Crippen molar-refractivity contribution in [3.63, 3.8) is 0 Å². The Morgan fingerprint density at radius 3 is 2.17 bits per heavy atom. The van der Waals surface area contributed by atoms with Gasteiger partial charge in [0.15, 0.2) is 0 Å². The Hall–Kier alpha value is -4.00. The summed E-state index contributed by atoms with van der Waals surface area (Å²) in [5.41, 5.74) is 3.27. The van der Waals surface area contributed by atoms with Crippen molar-refractivity contribution in [1.29, 1.82) is 0 Å². The van der Waals surface area contributed by atoms with Crippen LogP contribution in [0.1, 0.15) is 36.0 Å². The molecule has 0 saturated heterocycles. The largest absolute Gasteiger partial charge is 0.345 e. The van der Waals surface area contributed by atoms with E-state index in [1.54, 1.807) is 24.3 Å². The maximum atomic E-state index is 13.5. The standard InChI is InChI=1S/C28H30FN3O3/c1-3-25(22-7-5-4-6-8-22)28(35)32(18-21-11-13-23(29)14-12-21)19-27(34)30-17-26(33)31-24-15-9-20(2)10-16-24/h4-16,25H,3,17-19H2,1-2H3,(H,30,34)(H,31,33). The van der Waals surface area contributed by atoms with E-state index in [-0.39, 0.29) is 37.3 Å². The monoisotopic (exact) mass is 475 g/mol. The first-order valence-electron chi connectivity index (χ1n) is 11.6. The molecule has 3 aromatic carbocycles.